The van der Waals surface area contributed by atoms with Crippen LogP contribution in [0.2, 0.25) is 0 Å². The molecule has 1 aromatic carbocycles. The van der Waals surface area contributed by atoms with Gasteiger partial charge in [-0.05, 0) is 24.6 Å². The molecule has 6 N–H and O–H groups in total. The number of pyridine rings is 1. The average molecular weight is 403 g/mol. The van der Waals surface area contributed by atoms with E-state index in [0.717, 1.165) is 0 Å². The predicted molar refractivity (Wildman–Crippen MR) is 108 cm³/mol. The third-order valence-corrected chi connectivity index (χ3v) is 4.23. The number of hydrogen-bond donors (Lipinski definition) is 4. The Morgan fingerprint density at radius 1 is 1.20 bits per heavy atom. The quantitative estimate of drug-likeness (QED) is 0.418. The highest BCUT2D eigenvalue weighted by molar-refractivity contribution is 5.98. The second kappa shape index (κ2) is 8.55. The van der Waals surface area contributed by atoms with Crippen molar-refractivity contribution in [2.45, 2.75) is 13.0 Å². The van der Waals surface area contributed by atoms with Crippen molar-refractivity contribution in [2.75, 3.05) is 30.0 Å². The molecule has 11 nitrogen and oxygen atoms in total. The first-order valence-electron chi connectivity index (χ1n) is 8.79. The topological polar surface area (TPSA) is 191 Å². The molecule has 1 aromatic heterocycles. The molecule has 0 radical (unpaired) electrons. The summed E-state index contributed by atoms with van der Waals surface area (Å²) in [5.41, 5.74) is 13.3. The molecule has 1 aliphatic rings. The molecule has 0 bridgehead atoms. The number of rotatable bonds is 5. The van der Waals surface area contributed by atoms with Gasteiger partial charge in [-0.1, -0.05) is 6.07 Å². The Labute approximate surface area is 172 Å². The third-order valence-electron chi connectivity index (χ3n) is 4.23. The molecule has 0 spiro atoms. The number of nitrogens with zero attached hydrogens (tertiary/aromatic N) is 5. The number of aliphatic imine (C=N–C) groups is 1. The fourth-order valence-corrected chi connectivity index (χ4v) is 3.01. The van der Waals surface area contributed by atoms with Crippen LogP contribution < -0.4 is 31.6 Å². The predicted octanol–water partition coefficient (Wildman–Crippen LogP) is 1.36. The van der Waals surface area contributed by atoms with E-state index in [0.29, 0.717) is 29.2 Å². The molecule has 0 saturated heterocycles. The number of guanidine groups is 1. The highest BCUT2D eigenvalue weighted by atomic mass is 16.5. The van der Waals surface area contributed by atoms with Gasteiger partial charge in [0.2, 0.25) is 5.96 Å². The molecule has 3 rings (SSSR count). The van der Waals surface area contributed by atoms with Crippen LogP contribution in [0.1, 0.15) is 29.7 Å². The van der Waals surface area contributed by atoms with Crippen molar-refractivity contribution in [3.05, 3.63) is 34.9 Å². The van der Waals surface area contributed by atoms with Gasteiger partial charge in [-0.15, -0.1) is 0 Å². The monoisotopic (exact) mass is 403 g/mol. The van der Waals surface area contributed by atoms with Crippen molar-refractivity contribution in [3.63, 3.8) is 0 Å². The van der Waals surface area contributed by atoms with E-state index in [4.69, 9.17) is 31.5 Å². The van der Waals surface area contributed by atoms with E-state index in [1.807, 2.05) is 19.1 Å². The maximum Gasteiger partial charge on any atom is 0.211 e. The molecular formula is C19H17N9O2. The second-order valence-corrected chi connectivity index (χ2v) is 5.99. The summed E-state index contributed by atoms with van der Waals surface area (Å²) in [7, 11) is 0. The zero-order chi connectivity index (χ0) is 21.7. The van der Waals surface area contributed by atoms with Crippen LogP contribution in [-0.2, 0) is 0 Å². The van der Waals surface area contributed by atoms with E-state index in [2.05, 4.69) is 20.6 Å². The highest BCUT2D eigenvalue weighted by Crippen LogP contribution is 2.42. The normalized spacial score (nSPS) is 14.1. The first-order valence-corrected chi connectivity index (χ1v) is 8.79. The number of nitrogen functional groups attached to an aromatic ring is 2. The number of ether oxygens (including phenoxy) is 2. The minimum atomic E-state index is -0.707. The maximum atomic E-state index is 9.40. The van der Waals surface area contributed by atoms with Crippen molar-refractivity contribution in [3.8, 4) is 29.8 Å². The smallest absolute Gasteiger partial charge is 0.211 e. The summed E-state index contributed by atoms with van der Waals surface area (Å²) in [6.45, 7) is 2.06. The van der Waals surface area contributed by atoms with Gasteiger partial charge in [0.25, 0.3) is 0 Å². The van der Waals surface area contributed by atoms with E-state index < -0.39 is 6.04 Å². The summed E-state index contributed by atoms with van der Waals surface area (Å²) in [6, 6.07) is 8.23. The molecule has 150 valence electrons. The Balaban J connectivity index is 2.17. The minimum Gasteiger partial charge on any atom is -0.490 e. The molecule has 0 amide bonds. The van der Waals surface area contributed by atoms with E-state index in [9.17, 15) is 5.26 Å². The van der Waals surface area contributed by atoms with Crippen LogP contribution >= 0.6 is 0 Å². The van der Waals surface area contributed by atoms with Crippen molar-refractivity contribution in [1.29, 1.82) is 15.8 Å². The fourth-order valence-electron chi connectivity index (χ4n) is 3.01. The molecule has 0 aliphatic carbocycles. The Morgan fingerprint density at radius 3 is 2.67 bits per heavy atom. The summed E-state index contributed by atoms with van der Waals surface area (Å²) >= 11 is 0. The zero-order valence-electron chi connectivity index (χ0n) is 15.9. The van der Waals surface area contributed by atoms with Crippen LogP contribution in [0, 0.1) is 34.1 Å². The number of nitriles is 3. The Morgan fingerprint density at radius 2 is 2.00 bits per heavy atom. The van der Waals surface area contributed by atoms with E-state index in [1.165, 1.54) is 0 Å². The Kier molecular flexibility index (Phi) is 5.71. The lowest BCUT2D eigenvalue weighted by Gasteiger charge is -2.26. The SMILES string of the molecule is CCOc1cc(C2N=C(NC#N)Nc3nc(N)c(C#N)c(N)c32)ccc1OCC#N. The van der Waals surface area contributed by atoms with Gasteiger partial charge in [0, 0.05) is 5.56 Å². The standard InChI is InChI=1S/C19H17N9O2/c1-2-29-13-7-10(3-4-12(13)30-6-5-20)16-14-15(23)11(8-21)17(24)27-18(14)28-19(26-16)25-9-22/h3-4,7,16H,2,6H2,1H3,(H6,23,24,25,26,27,28). The van der Waals surface area contributed by atoms with Crippen molar-refractivity contribution in [1.82, 2.24) is 10.3 Å². The fraction of sp³-hybridized carbons (Fsp3) is 0.211. The van der Waals surface area contributed by atoms with Crippen molar-refractivity contribution in [2.24, 2.45) is 4.99 Å². The van der Waals surface area contributed by atoms with Gasteiger partial charge in [-0.25, -0.2) is 9.98 Å². The summed E-state index contributed by atoms with van der Waals surface area (Å²) in [5.74, 6) is 1.21. The molecule has 1 atom stereocenters. The number of fused-ring (bicyclic) bond motifs is 1. The molecule has 2 heterocycles. The van der Waals surface area contributed by atoms with Crippen molar-refractivity contribution < 1.29 is 9.47 Å². The van der Waals surface area contributed by atoms with E-state index in [-0.39, 0.29) is 35.5 Å². The Bertz CT molecular complexity index is 1140. The molecule has 0 fully saturated rings. The van der Waals surface area contributed by atoms with Gasteiger partial charge < -0.3 is 26.3 Å². The van der Waals surface area contributed by atoms with Crippen LogP contribution in [0.15, 0.2) is 23.2 Å². The maximum absolute atomic E-state index is 9.40. The molecule has 30 heavy (non-hydrogen) atoms. The van der Waals surface area contributed by atoms with Gasteiger partial charge in [-0.3, -0.25) is 5.32 Å². The second-order valence-electron chi connectivity index (χ2n) is 5.99. The summed E-state index contributed by atoms with van der Waals surface area (Å²) in [5, 5.41) is 32.5. The van der Waals surface area contributed by atoms with Crippen LogP contribution in [0.4, 0.5) is 17.3 Å². The Hall–Kier alpha value is -4.69. The summed E-state index contributed by atoms with van der Waals surface area (Å²) < 4.78 is 11.0. The summed E-state index contributed by atoms with van der Waals surface area (Å²) in [6.07, 6.45) is 1.79. The van der Waals surface area contributed by atoms with E-state index in [1.54, 1.807) is 24.4 Å². The lowest BCUT2D eigenvalue weighted by Crippen LogP contribution is -2.32. The number of aromatic nitrogens is 1. The van der Waals surface area contributed by atoms with Crippen LogP contribution in [0.3, 0.4) is 0 Å². The third kappa shape index (κ3) is 3.66. The van der Waals surface area contributed by atoms with Crippen LogP contribution in [-0.4, -0.2) is 24.2 Å². The van der Waals surface area contributed by atoms with Gasteiger partial charge in [0.15, 0.2) is 24.3 Å². The van der Waals surface area contributed by atoms with Gasteiger partial charge >= 0.3 is 0 Å². The number of nitrogens with one attached hydrogen (secondary N) is 2. The molecule has 1 unspecified atom stereocenters. The van der Waals surface area contributed by atoms with E-state index >= 15 is 0 Å². The molecule has 0 saturated carbocycles. The van der Waals surface area contributed by atoms with Crippen LogP contribution in [0.5, 0.6) is 11.5 Å². The molecule has 1 aliphatic heterocycles. The minimum absolute atomic E-state index is 0.0338. The zero-order valence-corrected chi connectivity index (χ0v) is 15.9. The highest BCUT2D eigenvalue weighted by Gasteiger charge is 2.30. The number of benzene rings is 1. The first-order chi connectivity index (χ1) is 14.5. The average Bonchev–Trinajstić information content (AvgIpc) is 2.73. The first kappa shape index (κ1) is 20.1. The summed E-state index contributed by atoms with van der Waals surface area (Å²) in [4.78, 5) is 8.71. The molecule has 11 heteroatoms. The number of hydrogen-bond acceptors (Lipinski definition) is 11. The largest absolute Gasteiger partial charge is 0.490 e. The van der Waals surface area contributed by atoms with Gasteiger partial charge in [0.05, 0.1) is 12.3 Å². The van der Waals surface area contributed by atoms with Gasteiger partial charge in [0.1, 0.15) is 35.4 Å². The molecule has 2 aromatic rings. The number of nitrogens with two attached hydrogens (primary N) is 2. The van der Waals surface area contributed by atoms with Crippen molar-refractivity contribution >= 4 is 23.3 Å². The van der Waals surface area contributed by atoms with Crippen LogP contribution in [0.25, 0.3) is 0 Å². The lowest BCUT2D eigenvalue weighted by molar-refractivity contribution is 0.298. The number of anilines is 3. The lowest BCUT2D eigenvalue weighted by atomic mass is 9.95. The molecular weight excluding hydrogens is 386 g/mol. The van der Waals surface area contributed by atoms with Gasteiger partial charge in [-0.2, -0.15) is 15.8 Å².